The quantitative estimate of drug-likeness (QED) is 0.463. The van der Waals surface area contributed by atoms with Gasteiger partial charge in [0.1, 0.15) is 0 Å². The zero-order valence-electron chi connectivity index (χ0n) is 12.0. The molecule has 0 bridgehead atoms. The number of aromatic nitrogens is 2. The Bertz CT molecular complexity index is 553. The van der Waals surface area contributed by atoms with Gasteiger partial charge >= 0.3 is 5.97 Å². The van der Waals surface area contributed by atoms with E-state index < -0.39 is 0 Å². The summed E-state index contributed by atoms with van der Waals surface area (Å²) in [4.78, 5) is 20.4. The second-order valence-corrected chi connectivity index (χ2v) is 4.52. The van der Waals surface area contributed by atoms with Gasteiger partial charge in [0.2, 0.25) is 0 Å². The van der Waals surface area contributed by atoms with Gasteiger partial charge in [-0.3, -0.25) is 0 Å². The van der Waals surface area contributed by atoms with E-state index in [1.165, 1.54) is 6.08 Å². The highest BCUT2D eigenvalue weighted by molar-refractivity contribution is 5.94. The molecule has 0 aliphatic rings. The van der Waals surface area contributed by atoms with Gasteiger partial charge in [-0.25, -0.2) is 14.8 Å². The van der Waals surface area contributed by atoms with Crippen molar-refractivity contribution in [2.75, 3.05) is 6.61 Å². The molecule has 108 valence electrons. The molecule has 0 radical (unpaired) electrons. The predicted molar refractivity (Wildman–Crippen MR) is 81.4 cm³/mol. The lowest BCUT2D eigenvalue weighted by Gasteiger charge is -2.06. The maximum Gasteiger partial charge on any atom is 0.331 e. The van der Waals surface area contributed by atoms with Crippen molar-refractivity contribution in [1.29, 1.82) is 0 Å². The van der Waals surface area contributed by atoms with E-state index in [9.17, 15) is 4.79 Å². The molecule has 2 aromatic rings. The minimum Gasteiger partial charge on any atom is -0.463 e. The summed E-state index contributed by atoms with van der Waals surface area (Å²) in [5.74, 6) is 0.144. The van der Waals surface area contributed by atoms with E-state index in [0.29, 0.717) is 18.0 Å². The zero-order chi connectivity index (χ0) is 14.9. The van der Waals surface area contributed by atoms with Crippen molar-refractivity contribution in [2.24, 2.45) is 0 Å². The molecule has 2 rings (SSSR count). The molecule has 4 nitrogen and oxygen atoms in total. The van der Waals surface area contributed by atoms with E-state index in [1.807, 2.05) is 30.3 Å². The molecule has 0 atom stereocenters. The number of hydrogen-bond donors (Lipinski definition) is 0. The van der Waals surface area contributed by atoms with Crippen molar-refractivity contribution in [2.45, 2.75) is 19.8 Å². The van der Waals surface area contributed by atoms with E-state index >= 15 is 0 Å². The van der Waals surface area contributed by atoms with Gasteiger partial charge in [-0.1, -0.05) is 43.7 Å². The molecule has 0 fully saturated rings. The van der Waals surface area contributed by atoms with Gasteiger partial charge in [-0.15, -0.1) is 0 Å². The van der Waals surface area contributed by atoms with Crippen LogP contribution < -0.4 is 0 Å². The second kappa shape index (κ2) is 7.94. The summed E-state index contributed by atoms with van der Waals surface area (Å²) in [6.45, 7) is 2.49. The number of carbonyl (C=O) groups is 1. The number of rotatable bonds is 6. The van der Waals surface area contributed by atoms with Crippen LogP contribution in [0.3, 0.4) is 0 Å². The summed E-state index contributed by atoms with van der Waals surface area (Å²) in [7, 11) is 0. The molecular formula is C17H18N2O2. The van der Waals surface area contributed by atoms with Crippen molar-refractivity contribution in [1.82, 2.24) is 9.97 Å². The molecule has 4 heteroatoms. The van der Waals surface area contributed by atoms with Crippen LogP contribution in [0.25, 0.3) is 5.57 Å². The molecule has 0 aliphatic carbocycles. The normalized spacial score (nSPS) is 11.2. The summed E-state index contributed by atoms with van der Waals surface area (Å²) in [5, 5.41) is 0. The minimum atomic E-state index is -0.366. The average Bonchev–Trinajstić information content (AvgIpc) is 2.54. The summed E-state index contributed by atoms with van der Waals surface area (Å²) < 4.78 is 5.19. The van der Waals surface area contributed by atoms with Crippen molar-refractivity contribution >= 4 is 11.5 Å². The molecule has 0 aliphatic heterocycles. The number of ether oxygens (including phenoxy) is 1. The van der Waals surface area contributed by atoms with Crippen LogP contribution in [-0.4, -0.2) is 22.5 Å². The van der Waals surface area contributed by atoms with Gasteiger partial charge in [-0.2, -0.15) is 0 Å². The Kier molecular flexibility index (Phi) is 5.64. The topological polar surface area (TPSA) is 52.1 Å². The van der Waals surface area contributed by atoms with Gasteiger partial charge in [0.15, 0.2) is 5.82 Å². The highest BCUT2D eigenvalue weighted by atomic mass is 16.5. The standard InChI is InChI=1S/C17H18N2O2/c1-2-3-12-21-16(20)13-15(14-8-5-4-6-9-14)17-18-10-7-11-19-17/h4-11,13H,2-3,12H2,1H3. The number of hydrogen-bond acceptors (Lipinski definition) is 4. The first-order chi connectivity index (χ1) is 10.3. The first-order valence-corrected chi connectivity index (χ1v) is 7.02. The van der Waals surface area contributed by atoms with Gasteiger partial charge < -0.3 is 4.74 Å². The lowest BCUT2D eigenvalue weighted by Crippen LogP contribution is -2.05. The highest BCUT2D eigenvalue weighted by Crippen LogP contribution is 2.19. The Morgan fingerprint density at radius 2 is 1.86 bits per heavy atom. The SMILES string of the molecule is CCCCOC(=O)C=C(c1ccccc1)c1ncccn1. The number of carbonyl (C=O) groups excluding carboxylic acids is 1. The lowest BCUT2D eigenvalue weighted by molar-refractivity contribution is -0.137. The molecule has 0 saturated carbocycles. The number of esters is 1. The second-order valence-electron chi connectivity index (χ2n) is 4.52. The van der Waals surface area contributed by atoms with E-state index in [2.05, 4.69) is 16.9 Å². The largest absolute Gasteiger partial charge is 0.463 e. The van der Waals surface area contributed by atoms with Gasteiger partial charge in [0, 0.05) is 24.0 Å². The average molecular weight is 282 g/mol. The zero-order valence-corrected chi connectivity index (χ0v) is 12.0. The molecule has 0 amide bonds. The molecule has 0 N–H and O–H groups in total. The maximum absolute atomic E-state index is 11.9. The molecule has 1 heterocycles. The van der Waals surface area contributed by atoms with Crippen LogP contribution in [0.15, 0.2) is 54.9 Å². The van der Waals surface area contributed by atoms with Crippen LogP contribution in [0.2, 0.25) is 0 Å². The summed E-state index contributed by atoms with van der Waals surface area (Å²) in [6.07, 6.45) is 6.62. The van der Waals surface area contributed by atoms with E-state index in [0.717, 1.165) is 18.4 Å². The van der Waals surface area contributed by atoms with E-state index in [-0.39, 0.29) is 5.97 Å². The number of unbranched alkanes of at least 4 members (excludes halogenated alkanes) is 1. The van der Waals surface area contributed by atoms with Crippen LogP contribution in [-0.2, 0) is 9.53 Å². The molecular weight excluding hydrogens is 264 g/mol. The lowest BCUT2D eigenvalue weighted by atomic mass is 10.0. The number of nitrogens with zero attached hydrogens (tertiary/aromatic N) is 2. The predicted octanol–water partition coefficient (Wildman–Crippen LogP) is 3.25. The fourth-order valence-electron chi connectivity index (χ4n) is 1.81. The Morgan fingerprint density at radius 1 is 1.14 bits per heavy atom. The smallest absolute Gasteiger partial charge is 0.331 e. The first kappa shape index (κ1) is 14.9. The van der Waals surface area contributed by atoms with E-state index in [1.54, 1.807) is 18.5 Å². The summed E-state index contributed by atoms with van der Waals surface area (Å²) in [6, 6.07) is 11.3. The highest BCUT2D eigenvalue weighted by Gasteiger charge is 2.10. The number of benzene rings is 1. The summed E-state index contributed by atoms with van der Waals surface area (Å²) in [5.41, 5.74) is 1.55. The first-order valence-electron chi connectivity index (χ1n) is 7.02. The fraction of sp³-hybridized carbons (Fsp3) is 0.235. The third kappa shape index (κ3) is 4.53. The van der Waals surface area contributed by atoms with Crippen molar-refractivity contribution < 1.29 is 9.53 Å². The Balaban J connectivity index is 2.27. The molecule has 0 spiro atoms. The van der Waals surface area contributed by atoms with Gasteiger partial charge in [0.25, 0.3) is 0 Å². The van der Waals surface area contributed by atoms with Crippen LogP contribution in [0, 0.1) is 0 Å². The molecule has 0 saturated heterocycles. The van der Waals surface area contributed by atoms with Gasteiger partial charge in [-0.05, 0) is 18.1 Å². The molecule has 21 heavy (non-hydrogen) atoms. The maximum atomic E-state index is 11.9. The monoisotopic (exact) mass is 282 g/mol. The Morgan fingerprint density at radius 3 is 2.52 bits per heavy atom. The van der Waals surface area contributed by atoms with Crippen LogP contribution in [0.4, 0.5) is 0 Å². The van der Waals surface area contributed by atoms with Crippen molar-refractivity contribution in [3.05, 3.63) is 66.3 Å². The van der Waals surface area contributed by atoms with Crippen LogP contribution in [0.5, 0.6) is 0 Å². The third-order valence-electron chi connectivity index (χ3n) is 2.90. The van der Waals surface area contributed by atoms with Crippen LogP contribution in [0.1, 0.15) is 31.2 Å². The van der Waals surface area contributed by atoms with Gasteiger partial charge in [0.05, 0.1) is 6.61 Å². The van der Waals surface area contributed by atoms with Crippen molar-refractivity contribution in [3.63, 3.8) is 0 Å². The minimum absolute atomic E-state index is 0.366. The molecule has 1 aromatic carbocycles. The van der Waals surface area contributed by atoms with Crippen molar-refractivity contribution in [3.8, 4) is 0 Å². The molecule has 1 aromatic heterocycles. The third-order valence-corrected chi connectivity index (χ3v) is 2.90. The van der Waals surface area contributed by atoms with Crippen LogP contribution >= 0.6 is 0 Å². The Hall–Kier alpha value is -2.49. The fourth-order valence-corrected chi connectivity index (χ4v) is 1.81. The Labute approximate surface area is 124 Å². The van der Waals surface area contributed by atoms with E-state index in [4.69, 9.17) is 4.74 Å². The molecule has 0 unspecified atom stereocenters. The summed E-state index contributed by atoms with van der Waals surface area (Å²) >= 11 is 0.